The van der Waals surface area contributed by atoms with Crippen molar-refractivity contribution in [3.8, 4) is 0 Å². The standard InChI is InChI=1S/C5H5BrN2O5S/c6-2-14(11,12)8-5-7-1-3(13-5)4(9)10/h1H,2H2,(H,7,8)(H,9,10). The van der Waals surface area contributed by atoms with Crippen LogP contribution >= 0.6 is 15.9 Å². The van der Waals surface area contributed by atoms with E-state index in [1.54, 1.807) is 0 Å². The van der Waals surface area contributed by atoms with E-state index in [4.69, 9.17) is 5.11 Å². The summed E-state index contributed by atoms with van der Waals surface area (Å²) in [6, 6.07) is -0.373. The third kappa shape index (κ3) is 2.70. The number of nitrogens with one attached hydrogen (secondary N) is 1. The highest BCUT2D eigenvalue weighted by molar-refractivity contribution is 9.10. The Labute approximate surface area is 87.3 Å². The van der Waals surface area contributed by atoms with Gasteiger partial charge in [0.1, 0.15) is 4.66 Å². The number of carboxylic acids is 1. The van der Waals surface area contributed by atoms with Gasteiger partial charge in [0.2, 0.25) is 15.8 Å². The Morgan fingerprint density at radius 3 is 2.79 bits per heavy atom. The molecule has 0 saturated heterocycles. The third-order valence-electron chi connectivity index (χ3n) is 1.10. The van der Waals surface area contributed by atoms with Gasteiger partial charge in [-0.25, -0.2) is 22.9 Å². The van der Waals surface area contributed by atoms with Gasteiger partial charge >= 0.3 is 12.0 Å². The molecule has 1 heterocycles. The van der Waals surface area contributed by atoms with Gasteiger partial charge in [-0.1, -0.05) is 15.9 Å². The molecule has 7 nitrogen and oxygen atoms in total. The van der Waals surface area contributed by atoms with Gasteiger partial charge in [0.25, 0.3) is 0 Å². The zero-order valence-corrected chi connectivity index (χ0v) is 9.00. The van der Waals surface area contributed by atoms with Gasteiger partial charge in [-0.15, -0.1) is 0 Å². The van der Waals surface area contributed by atoms with Gasteiger partial charge in [-0.3, -0.25) is 0 Å². The number of rotatable bonds is 4. The minimum Gasteiger partial charge on any atom is -0.475 e. The van der Waals surface area contributed by atoms with Crippen molar-refractivity contribution in [3.05, 3.63) is 12.0 Å². The van der Waals surface area contributed by atoms with E-state index < -0.39 is 21.8 Å². The van der Waals surface area contributed by atoms with Crippen molar-refractivity contribution in [2.24, 2.45) is 0 Å². The Bertz CT molecular complexity index is 439. The summed E-state index contributed by atoms with van der Waals surface area (Å²) < 4.78 is 28.0. The lowest BCUT2D eigenvalue weighted by Crippen LogP contribution is -2.13. The Balaban J connectivity index is 2.84. The van der Waals surface area contributed by atoms with Crippen LogP contribution in [-0.2, 0) is 10.0 Å². The van der Waals surface area contributed by atoms with Gasteiger partial charge in [0, 0.05) is 0 Å². The monoisotopic (exact) mass is 284 g/mol. The Morgan fingerprint density at radius 1 is 1.71 bits per heavy atom. The number of aromatic carboxylic acids is 1. The second-order valence-corrected chi connectivity index (χ2v) is 5.19. The highest BCUT2D eigenvalue weighted by atomic mass is 79.9. The first-order valence-corrected chi connectivity index (χ1v) is 5.97. The van der Waals surface area contributed by atoms with Crippen LogP contribution in [0, 0.1) is 0 Å². The molecule has 0 fully saturated rings. The van der Waals surface area contributed by atoms with Gasteiger partial charge in [-0.05, 0) is 0 Å². The fourth-order valence-electron chi connectivity index (χ4n) is 0.580. The van der Waals surface area contributed by atoms with E-state index in [0.717, 1.165) is 6.20 Å². The van der Waals surface area contributed by atoms with Crippen molar-refractivity contribution in [3.63, 3.8) is 0 Å². The predicted octanol–water partition coefficient (Wildman–Crippen LogP) is 0.467. The molecule has 0 aliphatic heterocycles. The van der Waals surface area contributed by atoms with E-state index in [2.05, 4.69) is 25.3 Å². The summed E-state index contributed by atoms with van der Waals surface area (Å²) in [5.74, 6) is -1.75. The van der Waals surface area contributed by atoms with Crippen molar-refractivity contribution < 1.29 is 22.7 Å². The van der Waals surface area contributed by atoms with Crippen LogP contribution in [0.15, 0.2) is 10.6 Å². The number of oxazole rings is 1. The molecule has 0 radical (unpaired) electrons. The average Bonchev–Trinajstić information content (AvgIpc) is 2.52. The Kier molecular flexibility index (Phi) is 3.11. The molecule has 0 amide bonds. The van der Waals surface area contributed by atoms with E-state index in [1.165, 1.54) is 0 Å². The van der Waals surface area contributed by atoms with E-state index in [-0.39, 0.29) is 10.7 Å². The fourth-order valence-corrected chi connectivity index (χ4v) is 1.34. The summed E-state index contributed by atoms with van der Waals surface area (Å²) in [5, 5.41) is 8.43. The first-order valence-electron chi connectivity index (χ1n) is 3.20. The smallest absolute Gasteiger partial charge is 0.373 e. The SMILES string of the molecule is O=C(O)c1cnc(NS(=O)(=O)CBr)o1. The summed E-state index contributed by atoms with van der Waals surface area (Å²) in [5.41, 5.74) is 0. The maximum Gasteiger partial charge on any atom is 0.373 e. The number of carboxylic acid groups (broad SMARTS) is 1. The largest absolute Gasteiger partial charge is 0.475 e. The first-order chi connectivity index (χ1) is 6.44. The van der Waals surface area contributed by atoms with Crippen LogP contribution in [0.5, 0.6) is 0 Å². The zero-order chi connectivity index (χ0) is 10.8. The molecule has 2 N–H and O–H groups in total. The molecular formula is C5H5BrN2O5S. The number of hydrogen-bond acceptors (Lipinski definition) is 5. The maximum absolute atomic E-state index is 10.9. The van der Waals surface area contributed by atoms with Crippen LogP contribution in [0.1, 0.15) is 10.6 Å². The van der Waals surface area contributed by atoms with Crippen LogP contribution < -0.4 is 4.72 Å². The highest BCUT2D eigenvalue weighted by Gasteiger charge is 2.15. The molecule has 1 aromatic rings. The second-order valence-electron chi connectivity index (χ2n) is 2.16. The van der Waals surface area contributed by atoms with Crippen LogP contribution in [0.3, 0.4) is 0 Å². The topological polar surface area (TPSA) is 109 Å². The minimum atomic E-state index is -3.57. The molecular weight excluding hydrogens is 280 g/mol. The van der Waals surface area contributed by atoms with Crippen molar-refractivity contribution in [1.29, 1.82) is 0 Å². The summed E-state index contributed by atoms with van der Waals surface area (Å²) in [6.07, 6.45) is 0.911. The lowest BCUT2D eigenvalue weighted by Gasteiger charge is -1.98. The Hall–Kier alpha value is -1.09. The quantitative estimate of drug-likeness (QED) is 0.778. The number of nitrogens with zero attached hydrogens (tertiary/aromatic N) is 1. The molecule has 0 aromatic carbocycles. The summed E-state index contributed by atoms with van der Waals surface area (Å²) in [6.45, 7) is 0. The van der Waals surface area contributed by atoms with Crippen molar-refractivity contribution >= 4 is 37.9 Å². The fraction of sp³-hybridized carbons (Fsp3) is 0.200. The number of carbonyl (C=O) groups is 1. The molecule has 1 aromatic heterocycles. The predicted molar refractivity (Wildman–Crippen MR) is 49.8 cm³/mol. The van der Waals surface area contributed by atoms with Crippen LogP contribution in [-0.4, -0.2) is 29.1 Å². The summed E-state index contributed by atoms with van der Waals surface area (Å²) in [4.78, 5) is 13.7. The number of sulfonamides is 1. The maximum atomic E-state index is 10.9. The summed E-state index contributed by atoms with van der Waals surface area (Å²) in [7, 11) is -3.57. The number of alkyl halides is 1. The molecule has 0 spiro atoms. The van der Waals surface area contributed by atoms with Gasteiger partial charge < -0.3 is 9.52 Å². The molecule has 0 aliphatic rings. The molecule has 14 heavy (non-hydrogen) atoms. The van der Waals surface area contributed by atoms with E-state index in [0.29, 0.717) is 0 Å². The highest BCUT2D eigenvalue weighted by Crippen LogP contribution is 2.11. The Morgan fingerprint density at radius 2 is 2.36 bits per heavy atom. The normalized spacial score (nSPS) is 11.2. The van der Waals surface area contributed by atoms with Crippen molar-refractivity contribution in [1.82, 2.24) is 4.98 Å². The molecule has 0 aliphatic carbocycles. The third-order valence-corrected chi connectivity index (χ3v) is 3.68. The number of hydrogen-bond donors (Lipinski definition) is 2. The van der Waals surface area contributed by atoms with Crippen molar-refractivity contribution in [2.75, 3.05) is 9.38 Å². The van der Waals surface area contributed by atoms with Gasteiger partial charge in [0.05, 0.1) is 6.20 Å². The lowest BCUT2D eigenvalue weighted by molar-refractivity contribution is 0.0663. The molecule has 0 atom stereocenters. The number of anilines is 1. The average molecular weight is 285 g/mol. The van der Waals surface area contributed by atoms with E-state index >= 15 is 0 Å². The zero-order valence-electron chi connectivity index (χ0n) is 6.60. The molecule has 78 valence electrons. The van der Waals surface area contributed by atoms with Crippen LogP contribution in [0.4, 0.5) is 6.01 Å². The van der Waals surface area contributed by atoms with E-state index in [1.807, 2.05) is 4.72 Å². The van der Waals surface area contributed by atoms with E-state index in [9.17, 15) is 13.2 Å². The molecule has 0 unspecified atom stereocenters. The second kappa shape index (κ2) is 3.96. The van der Waals surface area contributed by atoms with Crippen molar-refractivity contribution in [2.45, 2.75) is 0 Å². The summed E-state index contributed by atoms with van der Waals surface area (Å²) >= 11 is 2.73. The first kappa shape index (κ1) is 11.0. The lowest BCUT2D eigenvalue weighted by atomic mass is 10.5. The molecule has 1 rings (SSSR count). The number of aromatic nitrogens is 1. The van der Waals surface area contributed by atoms with Crippen LogP contribution in [0.2, 0.25) is 0 Å². The van der Waals surface area contributed by atoms with Gasteiger partial charge in [0.15, 0.2) is 0 Å². The number of halogens is 1. The molecule has 9 heteroatoms. The van der Waals surface area contributed by atoms with Crippen LogP contribution in [0.25, 0.3) is 0 Å². The molecule has 0 saturated carbocycles. The molecule has 0 bridgehead atoms. The minimum absolute atomic E-state index is 0.329. The van der Waals surface area contributed by atoms with Gasteiger partial charge in [-0.2, -0.15) is 0 Å².